The van der Waals surface area contributed by atoms with Crippen LogP contribution < -0.4 is 4.90 Å². The molecule has 0 amide bonds. The zero-order chi connectivity index (χ0) is 17.8. The average Bonchev–Trinajstić information content (AvgIpc) is 3.34. The predicted molar refractivity (Wildman–Crippen MR) is 96.4 cm³/mol. The number of H-pyrrole nitrogens is 1. The molecular weight excluding hydrogens is 334 g/mol. The highest BCUT2D eigenvalue weighted by molar-refractivity contribution is 5.79. The van der Waals surface area contributed by atoms with Gasteiger partial charge in [-0.1, -0.05) is 6.07 Å². The van der Waals surface area contributed by atoms with Gasteiger partial charge >= 0.3 is 0 Å². The number of aromatic nitrogens is 2. The maximum Gasteiger partial charge on any atom is 0.163 e. The van der Waals surface area contributed by atoms with Gasteiger partial charge in [0.15, 0.2) is 11.6 Å². The Hall–Kier alpha value is -2.89. The monoisotopic (exact) mass is 352 g/mol. The van der Waals surface area contributed by atoms with Crippen molar-refractivity contribution in [3.63, 3.8) is 0 Å². The molecule has 0 bridgehead atoms. The number of anilines is 1. The van der Waals surface area contributed by atoms with Crippen molar-refractivity contribution in [2.75, 3.05) is 11.4 Å². The van der Waals surface area contributed by atoms with Crippen molar-refractivity contribution in [1.82, 2.24) is 15.1 Å². The Labute approximate surface area is 149 Å². The van der Waals surface area contributed by atoms with E-state index in [2.05, 4.69) is 38.3 Å². The standard InChI is InChI=1S/C20H18F2N4/c1-12-18(7-5-16(21)19(12)22)26-11-15-3-2-8-25(15)20(26)13-4-6-17-14(9-13)10-23-24-17/h4-7,9-11,20H,2-3,8H2,1H3,(H,23,24). The molecule has 0 saturated carbocycles. The second kappa shape index (κ2) is 5.56. The number of nitrogens with zero attached hydrogens (tertiary/aromatic N) is 3. The molecule has 2 aliphatic heterocycles. The number of rotatable bonds is 2. The van der Waals surface area contributed by atoms with Gasteiger partial charge in [-0.2, -0.15) is 5.10 Å². The third-order valence-electron chi connectivity index (χ3n) is 5.40. The number of halogens is 2. The lowest BCUT2D eigenvalue weighted by molar-refractivity contribution is 0.319. The fourth-order valence-corrected chi connectivity index (χ4v) is 4.10. The second-order valence-corrected chi connectivity index (χ2v) is 6.92. The minimum absolute atomic E-state index is 0.0599. The number of fused-ring (bicyclic) bond motifs is 2. The van der Waals surface area contributed by atoms with Crippen LogP contribution in [0.25, 0.3) is 10.9 Å². The molecule has 2 aliphatic rings. The summed E-state index contributed by atoms with van der Waals surface area (Å²) in [6.45, 7) is 2.59. The van der Waals surface area contributed by atoms with Crippen molar-refractivity contribution in [1.29, 1.82) is 0 Å². The van der Waals surface area contributed by atoms with Gasteiger partial charge in [0, 0.05) is 35.1 Å². The summed E-state index contributed by atoms with van der Waals surface area (Å²) in [4.78, 5) is 4.41. The molecule has 1 atom stereocenters. The Kier molecular flexibility index (Phi) is 3.29. The Balaban J connectivity index is 1.65. The number of benzene rings is 2. The predicted octanol–water partition coefficient (Wildman–Crippen LogP) is 4.61. The minimum Gasteiger partial charge on any atom is -0.349 e. The van der Waals surface area contributed by atoms with Crippen LogP contribution in [-0.4, -0.2) is 21.6 Å². The molecule has 1 aromatic heterocycles. The third kappa shape index (κ3) is 2.14. The van der Waals surface area contributed by atoms with Crippen LogP contribution in [0, 0.1) is 18.6 Å². The van der Waals surface area contributed by atoms with Crippen LogP contribution >= 0.6 is 0 Å². The summed E-state index contributed by atoms with van der Waals surface area (Å²) in [6.07, 6.45) is 5.94. The van der Waals surface area contributed by atoms with E-state index in [0.717, 1.165) is 35.9 Å². The minimum atomic E-state index is -0.810. The summed E-state index contributed by atoms with van der Waals surface area (Å²) in [5.74, 6) is -1.59. The summed E-state index contributed by atoms with van der Waals surface area (Å²) in [6, 6.07) is 9.07. The van der Waals surface area contributed by atoms with Gasteiger partial charge in [-0.25, -0.2) is 8.78 Å². The quantitative estimate of drug-likeness (QED) is 0.732. The van der Waals surface area contributed by atoms with Crippen LogP contribution in [0.2, 0.25) is 0 Å². The van der Waals surface area contributed by atoms with E-state index in [-0.39, 0.29) is 6.17 Å². The molecule has 0 radical (unpaired) electrons. The van der Waals surface area contributed by atoms with Crippen LogP contribution in [0.4, 0.5) is 14.5 Å². The Morgan fingerprint density at radius 3 is 2.96 bits per heavy atom. The van der Waals surface area contributed by atoms with Gasteiger partial charge in [0.05, 0.1) is 11.7 Å². The second-order valence-electron chi connectivity index (χ2n) is 6.92. The number of hydrogen-bond acceptors (Lipinski definition) is 3. The summed E-state index contributed by atoms with van der Waals surface area (Å²) >= 11 is 0. The molecule has 4 nitrogen and oxygen atoms in total. The van der Waals surface area contributed by atoms with Gasteiger partial charge < -0.3 is 9.80 Å². The van der Waals surface area contributed by atoms with Gasteiger partial charge in [0.25, 0.3) is 0 Å². The SMILES string of the molecule is Cc1c(N2C=C3CCCN3C2c2ccc3[nH]ncc3c2)ccc(F)c1F. The smallest absolute Gasteiger partial charge is 0.163 e. The molecule has 26 heavy (non-hydrogen) atoms. The number of allylic oxidation sites excluding steroid dienone is 1. The zero-order valence-electron chi connectivity index (χ0n) is 14.3. The normalized spacial score (nSPS) is 19.3. The number of nitrogens with one attached hydrogen (secondary N) is 1. The van der Waals surface area contributed by atoms with E-state index < -0.39 is 11.6 Å². The van der Waals surface area contributed by atoms with Crippen molar-refractivity contribution in [2.45, 2.75) is 25.9 Å². The van der Waals surface area contributed by atoms with E-state index in [1.54, 1.807) is 19.2 Å². The molecule has 1 saturated heterocycles. The van der Waals surface area contributed by atoms with Crippen molar-refractivity contribution in [3.05, 3.63) is 71.2 Å². The first-order valence-electron chi connectivity index (χ1n) is 8.77. The molecule has 1 fully saturated rings. The van der Waals surface area contributed by atoms with E-state index in [4.69, 9.17) is 0 Å². The van der Waals surface area contributed by atoms with Crippen molar-refractivity contribution in [3.8, 4) is 0 Å². The molecule has 1 unspecified atom stereocenters. The fourth-order valence-electron chi connectivity index (χ4n) is 4.10. The highest BCUT2D eigenvalue weighted by Gasteiger charge is 2.37. The lowest BCUT2D eigenvalue weighted by Gasteiger charge is -2.33. The van der Waals surface area contributed by atoms with Crippen LogP contribution in [-0.2, 0) is 0 Å². The zero-order valence-corrected chi connectivity index (χ0v) is 14.3. The largest absolute Gasteiger partial charge is 0.349 e. The van der Waals surface area contributed by atoms with Gasteiger partial charge in [0.1, 0.15) is 6.17 Å². The summed E-state index contributed by atoms with van der Waals surface area (Å²) in [5.41, 5.74) is 4.36. The van der Waals surface area contributed by atoms with E-state index in [1.165, 1.54) is 11.8 Å². The molecule has 5 rings (SSSR count). The molecule has 0 spiro atoms. The maximum atomic E-state index is 14.2. The topological polar surface area (TPSA) is 35.2 Å². The number of aromatic amines is 1. The molecule has 132 valence electrons. The van der Waals surface area contributed by atoms with Crippen LogP contribution in [0.15, 0.2) is 48.4 Å². The average molecular weight is 352 g/mol. The van der Waals surface area contributed by atoms with Crippen LogP contribution in [0.5, 0.6) is 0 Å². The molecule has 3 aromatic rings. The maximum absolute atomic E-state index is 14.2. The Bertz CT molecular complexity index is 1040. The molecule has 3 heterocycles. The van der Waals surface area contributed by atoms with Crippen molar-refractivity contribution < 1.29 is 8.78 Å². The van der Waals surface area contributed by atoms with E-state index in [0.29, 0.717) is 11.3 Å². The van der Waals surface area contributed by atoms with E-state index in [9.17, 15) is 8.78 Å². The van der Waals surface area contributed by atoms with E-state index in [1.807, 2.05) is 6.07 Å². The lowest BCUT2D eigenvalue weighted by atomic mass is 10.1. The highest BCUT2D eigenvalue weighted by Crippen LogP contribution is 2.44. The summed E-state index contributed by atoms with van der Waals surface area (Å²) in [5, 5.41) is 8.10. The Morgan fingerprint density at radius 1 is 1.19 bits per heavy atom. The van der Waals surface area contributed by atoms with Gasteiger partial charge in [-0.05, 0) is 49.6 Å². The van der Waals surface area contributed by atoms with Gasteiger partial charge in [-0.3, -0.25) is 5.10 Å². The number of hydrogen-bond donors (Lipinski definition) is 1. The first-order valence-corrected chi connectivity index (χ1v) is 8.77. The first kappa shape index (κ1) is 15.4. The van der Waals surface area contributed by atoms with Gasteiger partial charge in [-0.15, -0.1) is 0 Å². The van der Waals surface area contributed by atoms with Crippen LogP contribution in [0.1, 0.15) is 30.1 Å². The third-order valence-corrected chi connectivity index (χ3v) is 5.40. The molecular formula is C20H18F2N4. The molecule has 0 aliphatic carbocycles. The first-order chi connectivity index (χ1) is 12.6. The van der Waals surface area contributed by atoms with Crippen molar-refractivity contribution in [2.24, 2.45) is 0 Å². The summed E-state index contributed by atoms with van der Waals surface area (Å²) in [7, 11) is 0. The van der Waals surface area contributed by atoms with Gasteiger partial charge in [0.2, 0.25) is 0 Å². The molecule has 1 N–H and O–H groups in total. The molecule has 2 aromatic carbocycles. The van der Waals surface area contributed by atoms with E-state index >= 15 is 0 Å². The van der Waals surface area contributed by atoms with Crippen molar-refractivity contribution >= 4 is 16.6 Å². The Morgan fingerprint density at radius 2 is 2.08 bits per heavy atom. The fraction of sp³-hybridized carbons (Fsp3) is 0.250. The lowest BCUT2D eigenvalue weighted by Crippen LogP contribution is -2.31. The van der Waals surface area contributed by atoms with Crippen LogP contribution in [0.3, 0.4) is 0 Å². The molecule has 6 heteroatoms. The highest BCUT2D eigenvalue weighted by atomic mass is 19.2. The summed E-state index contributed by atoms with van der Waals surface area (Å²) < 4.78 is 27.8.